The van der Waals surface area contributed by atoms with E-state index in [1.165, 1.54) is 0 Å². The standard InChI is InChI=1S/C32H46N2O9.CH2O2/c1-18(2)7-12-27(35)33-24-15-20(4)25(40-21(24)5)10-8-19(3)9-11-26-31(39)32(22(6)42-32)17-23(41-26)16-30(38)43-34-28(36)13-14-29(34)37;2-1-3/h7-9,11-12,18,20-26,31,39H,10,13-17H2,1-6H3,(H,33,35);1H,(H,2,3)/b11-9+,12-7-,19-8+;/t20?,21?,22?,23-,24?,25?,26?,31?,32?;/m1./s1. The number of hydrogen-bond donors (Lipinski definition) is 3. The third-order valence-corrected chi connectivity index (χ3v) is 8.73. The topological polar surface area (TPSA) is 181 Å². The summed E-state index contributed by atoms with van der Waals surface area (Å²) in [4.78, 5) is 61.8. The number of rotatable bonds is 10. The Morgan fingerprint density at radius 3 is 2.35 bits per heavy atom. The number of aliphatic hydroxyl groups excluding tert-OH is 1. The van der Waals surface area contributed by atoms with E-state index in [9.17, 15) is 24.3 Å². The van der Waals surface area contributed by atoms with Crippen LogP contribution in [0.1, 0.15) is 80.1 Å². The van der Waals surface area contributed by atoms with Crippen LogP contribution >= 0.6 is 0 Å². The van der Waals surface area contributed by atoms with E-state index >= 15 is 0 Å². The van der Waals surface area contributed by atoms with E-state index in [1.807, 2.05) is 46.8 Å². The fraction of sp³-hybridized carbons (Fsp3) is 0.667. The Kier molecular flexibility index (Phi) is 13.2. The zero-order valence-electron chi connectivity index (χ0n) is 27.4. The second-order valence-corrected chi connectivity index (χ2v) is 12.8. The van der Waals surface area contributed by atoms with Crippen LogP contribution in [0.4, 0.5) is 0 Å². The van der Waals surface area contributed by atoms with Gasteiger partial charge in [-0.25, -0.2) is 4.79 Å². The molecule has 4 aliphatic rings. The first-order valence-electron chi connectivity index (χ1n) is 15.9. The molecule has 3 N–H and O–H groups in total. The first-order valence-corrected chi connectivity index (χ1v) is 15.9. The van der Waals surface area contributed by atoms with Crippen molar-refractivity contribution in [3.63, 3.8) is 0 Å². The lowest BCUT2D eigenvalue weighted by molar-refractivity contribution is -0.202. The van der Waals surface area contributed by atoms with Crippen molar-refractivity contribution in [2.45, 2.75) is 128 Å². The number of allylic oxidation sites excluding steroid dienone is 3. The number of carbonyl (C=O) groups excluding carboxylic acids is 4. The van der Waals surface area contributed by atoms with E-state index in [1.54, 1.807) is 12.2 Å². The number of carboxylic acid groups (broad SMARTS) is 1. The number of hydroxylamine groups is 2. The molecule has 0 bridgehead atoms. The predicted molar refractivity (Wildman–Crippen MR) is 165 cm³/mol. The monoisotopic (exact) mass is 648 g/mol. The van der Waals surface area contributed by atoms with Crippen LogP contribution in [0.25, 0.3) is 0 Å². The molecule has 0 aromatic carbocycles. The van der Waals surface area contributed by atoms with Crippen LogP contribution in [0.3, 0.4) is 0 Å². The van der Waals surface area contributed by atoms with E-state index in [-0.39, 0.29) is 68.3 Å². The molecule has 4 rings (SSSR count). The maximum atomic E-state index is 12.5. The predicted octanol–water partition coefficient (Wildman–Crippen LogP) is 2.76. The Balaban J connectivity index is 0.00000185. The van der Waals surface area contributed by atoms with Gasteiger partial charge in [0.05, 0.1) is 36.9 Å². The number of imide groups is 1. The second-order valence-electron chi connectivity index (χ2n) is 12.8. The number of ether oxygens (including phenoxy) is 3. The maximum Gasteiger partial charge on any atom is 0.335 e. The van der Waals surface area contributed by atoms with Gasteiger partial charge in [-0.15, -0.1) is 5.06 Å². The molecule has 4 fully saturated rings. The summed E-state index contributed by atoms with van der Waals surface area (Å²) in [5.41, 5.74) is 0.132. The summed E-state index contributed by atoms with van der Waals surface area (Å²) >= 11 is 0. The number of nitrogens with zero attached hydrogens (tertiary/aromatic N) is 1. The van der Waals surface area contributed by atoms with Gasteiger partial charge in [0.1, 0.15) is 17.8 Å². The molecule has 0 aliphatic carbocycles. The average molecular weight is 649 g/mol. The molecular weight excluding hydrogens is 600 g/mol. The maximum absolute atomic E-state index is 12.5. The summed E-state index contributed by atoms with van der Waals surface area (Å²) in [6.07, 6.45) is 8.24. The minimum Gasteiger partial charge on any atom is -0.483 e. The van der Waals surface area contributed by atoms with Crippen LogP contribution in [0, 0.1) is 11.8 Å². The highest BCUT2D eigenvalue weighted by Gasteiger charge is 2.64. The van der Waals surface area contributed by atoms with Gasteiger partial charge in [-0.05, 0) is 51.5 Å². The smallest absolute Gasteiger partial charge is 0.335 e. The van der Waals surface area contributed by atoms with Crippen molar-refractivity contribution < 1.29 is 53.2 Å². The minimum absolute atomic E-state index is 0.00275. The minimum atomic E-state index is -0.925. The van der Waals surface area contributed by atoms with Gasteiger partial charge in [0.15, 0.2) is 0 Å². The van der Waals surface area contributed by atoms with E-state index in [0.29, 0.717) is 17.4 Å². The fourth-order valence-corrected chi connectivity index (χ4v) is 6.01. The number of aliphatic hydroxyl groups is 1. The molecule has 4 heterocycles. The first kappa shape index (κ1) is 37.1. The molecular formula is C33H48N2O11. The van der Waals surface area contributed by atoms with Gasteiger partial charge >= 0.3 is 5.97 Å². The zero-order chi connectivity index (χ0) is 34.2. The Morgan fingerprint density at radius 1 is 1.13 bits per heavy atom. The number of hydrogen-bond acceptors (Lipinski definition) is 10. The van der Waals surface area contributed by atoms with Gasteiger partial charge < -0.3 is 34.6 Å². The lowest BCUT2D eigenvalue weighted by Crippen LogP contribution is -2.51. The van der Waals surface area contributed by atoms with Gasteiger partial charge in [-0.3, -0.25) is 19.2 Å². The highest BCUT2D eigenvalue weighted by molar-refractivity contribution is 6.01. The molecule has 13 heteroatoms. The Labute approximate surface area is 269 Å². The Hall–Kier alpha value is -3.39. The highest BCUT2D eigenvalue weighted by atomic mass is 16.7. The molecule has 0 aromatic heterocycles. The van der Waals surface area contributed by atoms with Crippen LogP contribution in [0.15, 0.2) is 36.0 Å². The van der Waals surface area contributed by atoms with Gasteiger partial charge in [0, 0.05) is 19.3 Å². The molecule has 46 heavy (non-hydrogen) atoms. The normalized spacial score (nSPS) is 34.6. The lowest BCUT2D eigenvalue weighted by Gasteiger charge is -2.39. The van der Waals surface area contributed by atoms with Crippen molar-refractivity contribution >= 4 is 30.2 Å². The van der Waals surface area contributed by atoms with Crippen molar-refractivity contribution in [3.05, 3.63) is 36.0 Å². The van der Waals surface area contributed by atoms with Crippen molar-refractivity contribution in [3.8, 4) is 0 Å². The molecule has 256 valence electrons. The van der Waals surface area contributed by atoms with Crippen molar-refractivity contribution in [2.75, 3.05) is 0 Å². The summed E-state index contributed by atoms with van der Waals surface area (Å²) in [7, 11) is 0. The SMILES string of the molecule is CC(/C=C/C1O[C@H](CC(=O)ON2C(=O)CCC2=O)CC2(OC2C)C1O)=C\CC1OC(C)C(NC(=O)/C=C\C(C)C)CC1C.O=CO. The first-order chi connectivity index (χ1) is 21.7. The second kappa shape index (κ2) is 16.4. The van der Waals surface area contributed by atoms with Crippen LogP contribution in [0.2, 0.25) is 0 Å². The van der Waals surface area contributed by atoms with Crippen LogP contribution in [0.5, 0.6) is 0 Å². The number of amides is 3. The molecule has 8 unspecified atom stereocenters. The number of nitrogens with one attached hydrogen (secondary N) is 1. The molecule has 4 aliphatic heterocycles. The van der Waals surface area contributed by atoms with E-state index in [0.717, 1.165) is 12.0 Å². The summed E-state index contributed by atoms with van der Waals surface area (Å²) in [6.45, 7) is 11.7. The molecule has 0 radical (unpaired) electrons. The third-order valence-electron chi connectivity index (χ3n) is 8.73. The van der Waals surface area contributed by atoms with Crippen molar-refractivity contribution in [1.82, 2.24) is 10.4 Å². The molecule has 4 saturated heterocycles. The van der Waals surface area contributed by atoms with E-state index in [4.69, 9.17) is 28.9 Å². The Morgan fingerprint density at radius 2 is 1.76 bits per heavy atom. The van der Waals surface area contributed by atoms with Gasteiger partial charge in [0.25, 0.3) is 18.3 Å². The summed E-state index contributed by atoms with van der Waals surface area (Å²) < 4.78 is 18.1. The van der Waals surface area contributed by atoms with Crippen LogP contribution in [-0.2, 0) is 43.0 Å². The van der Waals surface area contributed by atoms with Gasteiger partial charge in [-0.1, -0.05) is 50.6 Å². The highest BCUT2D eigenvalue weighted by Crippen LogP contribution is 2.49. The molecule has 13 nitrogen and oxygen atoms in total. The van der Waals surface area contributed by atoms with Crippen LogP contribution in [-0.4, -0.2) is 93.7 Å². The fourth-order valence-electron chi connectivity index (χ4n) is 6.01. The van der Waals surface area contributed by atoms with Crippen LogP contribution < -0.4 is 5.32 Å². The molecule has 0 aromatic rings. The van der Waals surface area contributed by atoms with E-state index < -0.39 is 41.7 Å². The molecule has 0 saturated carbocycles. The summed E-state index contributed by atoms with van der Waals surface area (Å²) in [6, 6.07) is -0.0496. The van der Waals surface area contributed by atoms with Crippen molar-refractivity contribution in [2.24, 2.45) is 11.8 Å². The third kappa shape index (κ3) is 9.81. The van der Waals surface area contributed by atoms with Gasteiger partial charge in [-0.2, -0.15) is 0 Å². The zero-order valence-corrected chi connectivity index (χ0v) is 27.4. The Bertz CT molecular complexity index is 1200. The average Bonchev–Trinajstić information content (AvgIpc) is 3.52. The molecule has 1 spiro atoms. The molecule has 3 amide bonds. The number of epoxide rings is 1. The van der Waals surface area contributed by atoms with E-state index in [2.05, 4.69) is 18.3 Å². The molecule has 9 atom stereocenters. The quantitative estimate of drug-likeness (QED) is 0.104. The van der Waals surface area contributed by atoms with Gasteiger partial charge in [0.2, 0.25) is 5.91 Å². The summed E-state index contributed by atoms with van der Waals surface area (Å²) in [5.74, 6) is -1.38. The van der Waals surface area contributed by atoms with Crippen molar-refractivity contribution in [1.29, 1.82) is 0 Å². The largest absolute Gasteiger partial charge is 0.483 e. The lowest BCUT2D eigenvalue weighted by atomic mass is 9.84. The number of carbonyl (C=O) groups is 5. The summed E-state index contributed by atoms with van der Waals surface area (Å²) in [5, 5.41) is 21.5.